The highest BCUT2D eigenvalue weighted by molar-refractivity contribution is 5.90. The normalized spacial score (nSPS) is 14.2. The summed E-state index contributed by atoms with van der Waals surface area (Å²) >= 11 is 0. The lowest BCUT2D eigenvalue weighted by molar-refractivity contribution is 0.147. The molecule has 0 unspecified atom stereocenters. The van der Waals surface area contributed by atoms with Crippen LogP contribution in [0.15, 0.2) is 41.2 Å². The minimum atomic E-state index is -0.129. The molecular weight excluding hydrogens is 332 g/mol. The Morgan fingerprint density at radius 1 is 1.15 bits per heavy atom. The number of carbonyl (C=O) groups is 1. The van der Waals surface area contributed by atoms with Gasteiger partial charge in [-0.05, 0) is 43.2 Å². The number of amides is 2. The lowest BCUT2D eigenvalue weighted by Crippen LogP contribution is -2.50. The van der Waals surface area contributed by atoms with Gasteiger partial charge < -0.3 is 14.7 Å². The fourth-order valence-corrected chi connectivity index (χ4v) is 2.73. The second-order valence-corrected chi connectivity index (χ2v) is 6.36. The SMILES string of the molecule is Cc1ccc(NC(=O)N2CC(c3nc(-c4ncccn4)no3)C2)cc1C. The number of hydrogen-bond donors (Lipinski definition) is 1. The predicted molar refractivity (Wildman–Crippen MR) is 94.6 cm³/mol. The number of urea groups is 1. The molecule has 0 radical (unpaired) electrons. The average Bonchev–Trinajstić information content (AvgIpc) is 3.07. The van der Waals surface area contributed by atoms with Crippen molar-refractivity contribution >= 4 is 11.7 Å². The summed E-state index contributed by atoms with van der Waals surface area (Å²) in [4.78, 5) is 26.6. The molecule has 3 heterocycles. The van der Waals surface area contributed by atoms with Crippen LogP contribution in [-0.2, 0) is 0 Å². The van der Waals surface area contributed by atoms with E-state index in [-0.39, 0.29) is 11.9 Å². The molecule has 0 bridgehead atoms. The third-order valence-electron chi connectivity index (χ3n) is 4.48. The molecule has 1 aliphatic rings. The molecule has 1 saturated heterocycles. The van der Waals surface area contributed by atoms with Crippen LogP contribution in [0.2, 0.25) is 0 Å². The highest BCUT2D eigenvalue weighted by Gasteiger charge is 2.36. The minimum Gasteiger partial charge on any atom is -0.338 e. The van der Waals surface area contributed by atoms with Crippen LogP contribution in [0, 0.1) is 13.8 Å². The van der Waals surface area contributed by atoms with Crippen molar-refractivity contribution < 1.29 is 9.32 Å². The molecule has 8 nitrogen and oxygen atoms in total. The molecular formula is C18H18N6O2. The second-order valence-electron chi connectivity index (χ2n) is 6.36. The molecule has 2 amide bonds. The number of nitrogens with one attached hydrogen (secondary N) is 1. The van der Waals surface area contributed by atoms with Crippen molar-refractivity contribution in [3.8, 4) is 11.6 Å². The van der Waals surface area contributed by atoms with Crippen molar-refractivity contribution in [1.29, 1.82) is 0 Å². The third kappa shape index (κ3) is 3.13. The standard InChI is InChI=1S/C18H18N6O2/c1-11-4-5-14(8-12(11)2)21-18(25)24-9-13(10-24)17-22-16(23-26-17)15-19-6-3-7-20-15/h3-8,13H,9-10H2,1-2H3,(H,21,25). The van der Waals surface area contributed by atoms with Gasteiger partial charge in [-0.3, -0.25) is 0 Å². The zero-order valence-electron chi connectivity index (χ0n) is 14.5. The molecule has 1 aliphatic heterocycles. The summed E-state index contributed by atoms with van der Waals surface area (Å²) in [6, 6.07) is 7.46. The van der Waals surface area contributed by atoms with Gasteiger partial charge in [-0.25, -0.2) is 14.8 Å². The van der Waals surface area contributed by atoms with Crippen molar-refractivity contribution in [1.82, 2.24) is 25.0 Å². The fraction of sp³-hybridized carbons (Fsp3) is 0.278. The van der Waals surface area contributed by atoms with Gasteiger partial charge in [-0.15, -0.1) is 0 Å². The first-order valence-corrected chi connectivity index (χ1v) is 8.34. The van der Waals surface area contributed by atoms with Gasteiger partial charge in [0, 0.05) is 31.2 Å². The summed E-state index contributed by atoms with van der Waals surface area (Å²) in [6.45, 7) is 5.14. The zero-order chi connectivity index (χ0) is 18.1. The van der Waals surface area contributed by atoms with Crippen LogP contribution in [0.1, 0.15) is 22.9 Å². The number of carbonyl (C=O) groups excluding carboxylic acids is 1. The Morgan fingerprint density at radius 2 is 1.92 bits per heavy atom. The average molecular weight is 350 g/mol. The summed E-state index contributed by atoms with van der Waals surface area (Å²) in [6.07, 6.45) is 3.25. The van der Waals surface area contributed by atoms with Crippen molar-refractivity contribution in [3.05, 3.63) is 53.7 Å². The number of aromatic nitrogens is 4. The number of nitrogens with zero attached hydrogens (tertiary/aromatic N) is 5. The van der Waals surface area contributed by atoms with E-state index in [0.29, 0.717) is 30.6 Å². The molecule has 1 fully saturated rings. The summed E-state index contributed by atoms with van der Waals surface area (Å²) < 4.78 is 5.30. The number of likely N-dealkylation sites (tertiary alicyclic amines) is 1. The van der Waals surface area contributed by atoms with E-state index in [1.165, 1.54) is 5.56 Å². The Morgan fingerprint density at radius 3 is 2.65 bits per heavy atom. The number of rotatable bonds is 3. The summed E-state index contributed by atoms with van der Waals surface area (Å²) in [5, 5.41) is 6.83. The smallest absolute Gasteiger partial charge is 0.321 e. The summed E-state index contributed by atoms with van der Waals surface area (Å²) in [5.41, 5.74) is 3.13. The summed E-state index contributed by atoms with van der Waals surface area (Å²) in [7, 11) is 0. The van der Waals surface area contributed by atoms with Crippen LogP contribution < -0.4 is 5.32 Å². The summed E-state index contributed by atoms with van der Waals surface area (Å²) in [5.74, 6) is 1.32. The van der Waals surface area contributed by atoms with Gasteiger partial charge >= 0.3 is 6.03 Å². The maximum absolute atomic E-state index is 12.3. The van der Waals surface area contributed by atoms with Crippen molar-refractivity contribution in [3.63, 3.8) is 0 Å². The number of benzene rings is 1. The monoisotopic (exact) mass is 350 g/mol. The number of anilines is 1. The Hall–Kier alpha value is -3.29. The van der Waals surface area contributed by atoms with E-state index in [4.69, 9.17) is 4.52 Å². The first kappa shape index (κ1) is 16.2. The van der Waals surface area contributed by atoms with Gasteiger partial charge in [0.1, 0.15) is 0 Å². The molecule has 8 heteroatoms. The first-order valence-electron chi connectivity index (χ1n) is 8.34. The lowest BCUT2D eigenvalue weighted by Gasteiger charge is -2.36. The first-order chi connectivity index (χ1) is 12.6. The molecule has 4 rings (SSSR count). The maximum Gasteiger partial charge on any atom is 0.321 e. The third-order valence-corrected chi connectivity index (χ3v) is 4.48. The van der Waals surface area contributed by atoms with Crippen molar-refractivity contribution in [2.45, 2.75) is 19.8 Å². The van der Waals surface area contributed by atoms with Crippen molar-refractivity contribution in [2.75, 3.05) is 18.4 Å². The van der Waals surface area contributed by atoms with E-state index in [1.807, 2.05) is 32.0 Å². The molecule has 0 atom stereocenters. The molecule has 3 aromatic rings. The number of hydrogen-bond acceptors (Lipinski definition) is 6. The van der Waals surface area contributed by atoms with Gasteiger partial charge in [0.15, 0.2) is 0 Å². The molecule has 1 N–H and O–H groups in total. The van der Waals surface area contributed by atoms with Gasteiger partial charge in [0.2, 0.25) is 17.5 Å². The largest absolute Gasteiger partial charge is 0.338 e. The maximum atomic E-state index is 12.3. The van der Waals surface area contributed by atoms with E-state index in [1.54, 1.807) is 23.4 Å². The Kier molecular flexibility index (Phi) is 4.08. The number of aryl methyl sites for hydroxylation is 2. The van der Waals surface area contributed by atoms with Crippen LogP contribution in [0.3, 0.4) is 0 Å². The highest BCUT2D eigenvalue weighted by atomic mass is 16.5. The van der Waals surface area contributed by atoms with Gasteiger partial charge in [0.05, 0.1) is 5.92 Å². The fourth-order valence-electron chi connectivity index (χ4n) is 2.73. The predicted octanol–water partition coefficient (Wildman–Crippen LogP) is 2.77. The Labute approximate surface area is 150 Å². The van der Waals surface area contributed by atoms with Crippen LogP contribution in [0.25, 0.3) is 11.6 Å². The van der Waals surface area contributed by atoms with E-state index in [0.717, 1.165) is 11.3 Å². The van der Waals surface area contributed by atoms with Gasteiger partial charge in [-0.2, -0.15) is 4.98 Å². The van der Waals surface area contributed by atoms with Crippen LogP contribution >= 0.6 is 0 Å². The minimum absolute atomic E-state index is 0.0328. The Balaban J connectivity index is 1.36. The topological polar surface area (TPSA) is 97.0 Å². The molecule has 26 heavy (non-hydrogen) atoms. The van der Waals surface area contributed by atoms with E-state index >= 15 is 0 Å². The van der Waals surface area contributed by atoms with Crippen LogP contribution in [0.4, 0.5) is 10.5 Å². The van der Waals surface area contributed by atoms with E-state index in [9.17, 15) is 4.79 Å². The Bertz CT molecular complexity index is 934. The van der Waals surface area contributed by atoms with E-state index < -0.39 is 0 Å². The molecule has 1 aromatic carbocycles. The molecule has 0 aliphatic carbocycles. The molecule has 0 saturated carbocycles. The molecule has 2 aromatic heterocycles. The van der Waals surface area contributed by atoms with Gasteiger partial charge in [-0.1, -0.05) is 11.2 Å². The van der Waals surface area contributed by atoms with Crippen LogP contribution in [0.5, 0.6) is 0 Å². The van der Waals surface area contributed by atoms with Gasteiger partial charge in [0.25, 0.3) is 0 Å². The van der Waals surface area contributed by atoms with Crippen LogP contribution in [-0.4, -0.2) is 44.1 Å². The molecule has 0 spiro atoms. The zero-order valence-corrected chi connectivity index (χ0v) is 14.5. The van der Waals surface area contributed by atoms with Crippen molar-refractivity contribution in [2.24, 2.45) is 0 Å². The second kappa shape index (κ2) is 6.55. The highest BCUT2D eigenvalue weighted by Crippen LogP contribution is 2.27. The molecule has 132 valence electrons. The quantitative estimate of drug-likeness (QED) is 0.780. The van der Waals surface area contributed by atoms with E-state index in [2.05, 4.69) is 25.4 Å². The lowest BCUT2D eigenvalue weighted by atomic mass is 10.0.